The van der Waals surface area contributed by atoms with Crippen LogP contribution in [0.3, 0.4) is 0 Å². The van der Waals surface area contributed by atoms with Gasteiger partial charge in [-0.1, -0.05) is 53.5 Å². The molecule has 0 amide bonds. The highest BCUT2D eigenvalue weighted by atomic mass is 35.5. The topological polar surface area (TPSA) is 80.5 Å². The van der Waals surface area contributed by atoms with Crippen molar-refractivity contribution in [2.45, 2.75) is 0 Å². The van der Waals surface area contributed by atoms with Gasteiger partial charge in [0.25, 0.3) is 5.89 Å². The van der Waals surface area contributed by atoms with Crippen molar-refractivity contribution in [3.8, 4) is 34.4 Å². The number of hydrogen-bond acceptors (Lipinski definition) is 5. The number of hydrogen-bond donors (Lipinski definition) is 1. The lowest BCUT2D eigenvalue weighted by Gasteiger charge is -2.02. The molecule has 0 bridgehead atoms. The lowest BCUT2D eigenvalue weighted by Crippen LogP contribution is -1.84. The van der Waals surface area contributed by atoms with E-state index < -0.39 is 0 Å². The van der Waals surface area contributed by atoms with Crippen LogP contribution in [-0.2, 0) is 0 Å². The molecular weight excluding hydrogens is 445 g/mol. The van der Waals surface area contributed by atoms with Gasteiger partial charge in [0, 0.05) is 10.9 Å². The quantitative estimate of drug-likeness (QED) is 0.315. The van der Waals surface area contributed by atoms with Crippen molar-refractivity contribution < 1.29 is 4.42 Å². The van der Waals surface area contributed by atoms with Gasteiger partial charge in [0.1, 0.15) is 11.5 Å². The zero-order valence-electron chi connectivity index (χ0n) is 16.4. The first-order chi connectivity index (χ1) is 15.7. The average Bonchev–Trinajstić information content (AvgIpc) is 3.45. The molecular formula is C24H13Cl2N5O. The zero-order valence-corrected chi connectivity index (χ0v) is 17.9. The molecule has 8 heteroatoms. The highest BCUT2D eigenvalue weighted by Gasteiger charge is 2.16. The molecule has 0 saturated carbocycles. The molecule has 0 atom stereocenters. The van der Waals surface area contributed by atoms with Crippen molar-refractivity contribution in [3.63, 3.8) is 0 Å². The van der Waals surface area contributed by atoms with Gasteiger partial charge in [0.05, 0.1) is 32.2 Å². The predicted molar refractivity (Wildman–Crippen MR) is 126 cm³/mol. The molecule has 32 heavy (non-hydrogen) atoms. The van der Waals surface area contributed by atoms with Crippen LogP contribution in [0.1, 0.15) is 0 Å². The molecule has 154 valence electrons. The third kappa shape index (κ3) is 3.21. The minimum absolute atomic E-state index is 0.360. The van der Waals surface area contributed by atoms with Crippen LogP contribution in [0.2, 0.25) is 10.0 Å². The number of H-pyrrole nitrogens is 1. The van der Waals surface area contributed by atoms with E-state index in [4.69, 9.17) is 27.6 Å². The van der Waals surface area contributed by atoms with Crippen molar-refractivity contribution in [3.05, 3.63) is 82.8 Å². The van der Waals surface area contributed by atoms with E-state index in [1.807, 2.05) is 54.6 Å². The Hall–Kier alpha value is -3.74. The molecule has 6 nitrogen and oxygen atoms in total. The minimum atomic E-state index is 0.360. The van der Waals surface area contributed by atoms with E-state index in [-0.39, 0.29) is 0 Å². The SMILES string of the molecule is Clc1cccc(Cl)c1-c1nc2ccc(-c3nnc(-c4ccc5ccccc5n4)o3)cc2[nH]1. The monoisotopic (exact) mass is 457 g/mol. The smallest absolute Gasteiger partial charge is 0.266 e. The molecule has 3 aromatic carbocycles. The van der Waals surface area contributed by atoms with E-state index in [0.29, 0.717) is 38.9 Å². The third-order valence-electron chi connectivity index (χ3n) is 5.17. The number of nitrogens with one attached hydrogen (secondary N) is 1. The maximum atomic E-state index is 6.33. The molecule has 3 aromatic heterocycles. The van der Waals surface area contributed by atoms with Crippen molar-refractivity contribution in [2.24, 2.45) is 0 Å². The number of pyridine rings is 1. The molecule has 3 heterocycles. The normalized spacial score (nSPS) is 11.4. The molecule has 0 aliphatic heterocycles. The van der Waals surface area contributed by atoms with Crippen molar-refractivity contribution in [1.29, 1.82) is 0 Å². The lowest BCUT2D eigenvalue weighted by molar-refractivity contribution is 0.582. The second kappa shape index (κ2) is 7.44. The number of aromatic nitrogens is 5. The Bertz CT molecular complexity index is 1600. The Labute approximate surface area is 191 Å². The molecule has 6 aromatic rings. The Morgan fingerprint density at radius 1 is 0.719 bits per heavy atom. The Balaban J connectivity index is 1.38. The van der Waals surface area contributed by atoms with Crippen LogP contribution in [0.5, 0.6) is 0 Å². The van der Waals surface area contributed by atoms with Crippen LogP contribution >= 0.6 is 23.2 Å². The standard InChI is InChI=1S/C24H13Cl2N5O/c25-15-5-3-6-16(26)21(15)22-28-18-10-9-14(12-20(18)29-22)23-30-31-24(32-23)19-11-8-13-4-1-2-7-17(13)27-19/h1-12H,(H,28,29). The first-order valence-corrected chi connectivity index (χ1v) is 10.6. The highest BCUT2D eigenvalue weighted by molar-refractivity contribution is 6.39. The van der Waals surface area contributed by atoms with Crippen molar-refractivity contribution >= 4 is 45.1 Å². The summed E-state index contributed by atoms with van der Waals surface area (Å²) in [5, 5.41) is 10.5. The molecule has 0 saturated heterocycles. The molecule has 0 fully saturated rings. The van der Waals surface area contributed by atoms with Crippen LogP contribution in [-0.4, -0.2) is 25.1 Å². The second-order valence-corrected chi connectivity index (χ2v) is 8.03. The highest BCUT2D eigenvalue weighted by Crippen LogP contribution is 2.34. The van der Waals surface area contributed by atoms with Gasteiger partial charge in [-0.3, -0.25) is 0 Å². The van der Waals surface area contributed by atoms with Crippen LogP contribution in [0.4, 0.5) is 0 Å². The summed E-state index contributed by atoms with van der Waals surface area (Å²) in [7, 11) is 0. The summed E-state index contributed by atoms with van der Waals surface area (Å²) in [5.74, 6) is 1.35. The number of aromatic amines is 1. The van der Waals surface area contributed by atoms with Gasteiger partial charge in [-0.05, 0) is 42.5 Å². The molecule has 0 spiro atoms. The van der Waals surface area contributed by atoms with Gasteiger partial charge in [0.2, 0.25) is 5.89 Å². The van der Waals surface area contributed by atoms with Crippen molar-refractivity contribution in [1.82, 2.24) is 25.1 Å². The number of imidazole rings is 1. The van der Waals surface area contributed by atoms with Gasteiger partial charge in [-0.15, -0.1) is 10.2 Å². The fourth-order valence-electron chi connectivity index (χ4n) is 3.61. The van der Waals surface area contributed by atoms with E-state index in [2.05, 4.69) is 25.1 Å². The maximum Gasteiger partial charge on any atom is 0.266 e. The van der Waals surface area contributed by atoms with Gasteiger partial charge >= 0.3 is 0 Å². The Kier molecular flexibility index (Phi) is 4.41. The summed E-state index contributed by atoms with van der Waals surface area (Å²) < 4.78 is 5.92. The van der Waals surface area contributed by atoms with Crippen LogP contribution in [0.15, 0.2) is 77.2 Å². The summed E-state index contributed by atoms with van der Waals surface area (Å²) >= 11 is 12.7. The largest absolute Gasteiger partial charge is 0.415 e. The van der Waals surface area contributed by atoms with E-state index >= 15 is 0 Å². The maximum absolute atomic E-state index is 6.33. The summed E-state index contributed by atoms with van der Waals surface area (Å²) in [4.78, 5) is 12.5. The fraction of sp³-hybridized carbons (Fsp3) is 0. The molecule has 0 aliphatic rings. The van der Waals surface area contributed by atoms with Gasteiger partial charge in [-0.2, -0.15) is 0 Å². The first kappa shape index (κ1) is 19.0. The fourth-order valence-corrected chi connectivity index (χ4v) is 4.19. The molecule has 6 rings (SSSR count). The third-order valence-corrected chi connectivity index (χ3v) is 5.80. The van der Waals surface area contributed by atoms with Crippen LogP contribution < -0.4 is 0 Å². The second-order valence-electron chi connectivity index (χ2n) is 7.22. The molecule has 1 N–H and O–H groups in total. The predicted octanol–water partition coefficient (Wildman–Crippen LogP) is 6.80. The lowest BCUT2D eigenvalue weighted by atomic mass is 10.2. The number of halogens is 2. The van der Waals surface area contributed by atoms with Crippen LogP contribution in [0, 0.1) is 0 Å². The molecule has 0 aliphatic carbocycles. The number of benzene rings is 3. The number of nitrogens with zero attached hydrogens (tertiary/aromatic N) is 4. The Morgan fingerprint density at radius 3 is 2.41 bits per heavy atom. The van der Waals surface area contributed by atoms with E-state index in [1.165, 1.54) is 0 Å². The van der Waals surface area contributed by atoms with Crippen LogP contribution in [0.25, 0.3) is 56.4 Å². The number of fused-ring (bicyclic) bond motifs is 2. The van der Waals surface area contributed by atoms with E-state index in [1.54, 1.807) is 18.2 Å². The summed E-state index contributed by atoms with van der Waals surface area (Å²) in [6.07, 6.45) is 0. The van der Waals surface area contributed by atoms with Gasteiger partial charge in [0.15, 0.2) is 0 Å². The number of para-hydroxylation sites is 1. The van der Waals surface area contributed by atoms with E-state index in [9.17, 15) is 0 Å². The molecule has 0 radical (unpaired) electrons. The van der Waals surface area contributed by atoms with Gasteiger partial charge in [-0.25, -0.2) is 9.97 Å². The first-order valence-electron chi connectivity index (χ1n) is 9.80. The summed E-state index contributed by atoms with van der Waals surface area (Å²) in [6, 6.07) is 22.8. The average molecular weight is 458 g/mol. The van der Waals surface area contributed by atoms with Crippen molar-refractivity contribution in [2.75, 3.05) is 0 Å². The number of rotatable bonds is 3. The Morgan fingerprint density at radius 2 is 1.53 bits per heavy atom. The van der Waals surface area contributed by atoms with Gasteiger partial charge < -0.3 is 9.40 Å². The zero-order chi connectivity index (χ0) is 21.7. The summed E-state index contributed by atoms with van der Waals surface area (Å²) in [6.45, 7) is 0. The summed E-state index contributed by atoms with van der Waals surface area (Å²) in [5.41, 5.74) is 4.50. The molecule has 0 unspecified atom stereocenters. The minimum Gasteiger partial charge on any atom is -0.415 e. The van der Waals surface area contributed by atoms with E-state index in [0.717, 1.165) is 27.5 Å².